The molecule has 0 aliphatic carbocycles. The molecule has 0 aliphatic heterocycles. The van der Waals surface area contributed by atoms with Crippen molar-refractivity contribution in [3.63, 3.8) is 0 Å². The van der Waals surface area contributed by atoms with E-state index >= 15 is 0 Å². The molecule has 0 saturated heterocycles. The van der Waals surface area contributed by atoms with Gasteiger partial charge in [-0.15, -0.1) is 12.4 Å². The van der Waals surface area contributed by atoms with Gasteiger partial charge in [-0.05, 0) is 108 Å². The molecule has 0 bridgehead atoms. The highest BCUT2D eigenvalue weighted by Crippen LogP contribution is 2.07. The fourth-order valence-electron chi connectivity index (χ4n) is 3.32. The molecule has 0 radical (unpaired) electrons. The van der Waals surface area contributed by atoms with Gasteiger partial charge in [0.25, 0.3) is 0 Å². The van der Waals surface area contributed by atoms with Gasteiger partial charge in [-0.2, -0.15) is 0 Å². The Morgan fingerprint density at radius 3 is 1.09 bits per heavy atom. The summed E-state index contributed by atoms with van der Waals surface area (Å²) in [6, 6.07) is 0. The van der Waals surface area contributed by atoms with E-state index in [-0.39, 0.29) is 24.2 Å². The van der Waals surface area contributed by atoms with E-state index < -0.39 is 23.4 Å². The van der Waals surface area contributed by atoms with Crippen LogP contribution in [-0.4, -0.2) is 124 Å². The van der Waals surface area contributed by atoms with E-state index in [0.29, 0.717) is 26.2 Å². The average Bonchev–Trinajstić information content (AvgIpc) is 2.87. The first-order valence-electron chi connectivity index (χ1n) is 14.6. The van der Waals surface area contributed by atoms with Crippen molar-refractivity contribution in [1.82, 2.24) is 31.1 Å². The van der Waals surface area contributed by atoms with E-state index in [0.717, 1.165) is 59.0 Å². The van der Waals surface area contributed by atoms with E-state index in [2.05, 4.69) is 31.1 Å². The molecule has 14 heteroatoms. The molecule has 0 spiro atoms. The van der Waals surface area contributed by atoms with Crippen LogP contribution in [0.1, 0.15) is 67.2 Å². The number of aliphatic hydroxyl groups excluding tert-OH is 1. The van der Waals surface area contributed by atoms with Crippen molar-refractivity contribution in [2.24, 2.45) is 0 Å². The second-order valence-electron chi connectivity index (χ2n) is 11.8. The average molecular weight is 639 g/mol. The Morgan fingerprint density at radius 2 is 0.837 bits per heavy atom. The standard InChI is InChI=1S/C28H54N6O6.CH4O.ClH/c1-27(2,3)39-25(37)31-17-11-21-33(7)19-9-15-29-23(35)13-14-24(36)30-16-10-20-34(8)22-12-18-32-26(38)40-28(4,5)6;1-2;/h13-14H,9-12,15-22H2,1-8H3,(H,29,35)(H,30,36)(H,31,37)(H,32,38);2H,1H3;1H. The van der Waals surface area contributed by atoms with Crippen LogP contribution in [0.5, 0.6) is 0 Å². The number of nitrogens with one attached hydrogen (secondary N) is 4. The van der Waals surface area contributed by atoms with Gasteiger partial charge < -0.3 is 45.6 Å². The summed E-state index contributed by atoms with van der Waals surface area (Å²) in [6.07, 6.45) is 4.79. The number of hydrogen-bond acceptors (Lipinski definition) is 9. The number of ether oxygens (including phenoxy) is 2. The monoisotopic (exact) mass is 638 g/mol. The smallest absolute Gasteiger partial charge is 0.407 e. The molecule has 0 saturated carbocycles. The number of alkyl carbamates (subject to hydrolysis) is 2. The van der Waals surface area contributed by atoms with Gasteiger partial charge in [0.15, 0.2) is 0 Å². The fraction of sp³-hybridized carbons (Fsp3) is 0.793. The van der Waals surface area contributed by atoms with Crippen LogP contribution in [0.25, 0.3) is 0 Å². The van der Waals surface area contributed by atoms with Crippen molar-refractivity contribution in [3.05, 3.63) is 12.2 Å². The van der Waals surface area contributed by atoms with Gasteiger partial charge in [-0.25, -0.2) is 9.59 Å². The SMILES string of the molecule is CN(CCCNC(=O)C=CC(=O)NCCCN(C)CCCNC(=O)OC(C)(C)C)CCCNC(=O)OC(C)(C)C.CO.Cl. The molecule has 0 aliphatic rings. The molecule has 4 amide bonds. The minimum Gasteiger partial charge on any atom is -0.444 e. The second kappa shape index (κ2) is 25.8. The zero-order valence-electron chi connectivity index (χ0n) is 27.8. The molecule has 0 aromatic carbocycles. The van der Waals surface area contributed by atoms with Gasteiger partial charge in [0, 0.05) is 45.4 Å². The lowest BCUT2D eigenvalue weighted by Gasteiger charge is -2.20. The maximum Gasteiger partial charge on any atom is 0.407 e. The van der Waals surface area contributed by atoms with Crippen LogP contribution < -0.4 is 21.3 Å². The summed E-state index contributed by atoms with van der Waals surface area (Å²) in [6.45, 7) is 16.3. The normalized spacial score (nSPS) is 11.3. The first-order chi connectivity index (χ1) is 19.6. The van der Waals surface area contributed by atoms with Crippen molar-refractivity contribution in [2.75, 3.05) is 73.6 Å². The fourth-order valence-corrected chi connectivity index (χ4v) is 3.32. The lowest BCUT2D eigenvalue weighted by atomic mass is 10.2. The summed E-state index contributed by atoms with van der Waals surface area (Å²) in [5.41, 5.74) is -1.01. The number of aliphatic hydroxyl groups is 1. The largest absolute Gasteiger partial charge is 0.444 e. The zero-order valence-corrected chi connectivity index (χ0v) is 28.7. The molecule has 13 nitrogen and oxygen atoms in total. The number of amides is 4. The van der Waals surface area contributed by atoms with Crippen LogP contribution in [-0.2, 0) is 19.1 Å². The van der Waals surface area contributed by atoms with Crippen LogP contribution in [0.2, 0.25) is 0 Å². The Kier molecular flexibility index (Phi) is 26.9. The minimum absolute atomic E-state index is 0. The third-order valence-corrected chi connectivity index (χ3v) is 5.19. The number of carbonyl (C=O) groups is 4. The van der Waals surface area contributed by atoms with Crippen molar-refractivity contribution < 1.29 is 33.8 Å². The summed E-state index contributed by atoms with van der Waals surface area (Å²) >= 11 is 0. The molecular formula is C29H59ClN6O7. The number of nitrogens with zero attached hydrogens (tertiary/aromatic N) is 2. The lowest BCUT2D eigenvalue weighted by molar-refractivity contribution is -0.118. The molecule has 0 heterocycles. The van der Waals surface area contributed by atoms with Crippen LogP contribution in [0.3, 0.4) is 0 Å². The highest BCUT2D eigenvalue weighted by Gasteiger charge is 2.16. The quantitative estimate of drug-likeness (QED) is 0.112. The second-order valence-corrected chi connectivity index (χ2v) is 11.8. The molecule has 0 rings (SSSR count). The zero-order chi connectivity index (χ0) is 32.6. The van der Waals surface area contributed by atoms with Crippen LogP contribution in [0.4, 0.5) is 9.59 Å². The third-order valence-electron chi connectivity index (χ3n) is 5.19. The summed E-state index contributed by atoms with van der Waals surface area (Å²) in [5, 5.41) is 18.0. The molecule has 0 unspecified atom stereocenters. The van der Waals surface area contributed by atoms with Gasteiger partial charge in [0.1, 0.15) is 11.2 Å². The number of hydrogen-bond donors (Lipinski definition) is 5. The lowest BCUT2D eigenvalue weighted by Crippen LogP contribution is -2.34. The molecule has 5 N–H and O–H groups in total. The molecule has 0 aromatic rings. The summed E-state index contributed by atoms with van der Waals surface area (Å²) in [4.78, 5) is 51.4. The van der Waals surface area contributed by atoms with E-state index in [4.69, 9.17) is 14.6 Å². The molecule has 254 valence electrons. The first kappa shape index (κ1) is 44.8. The number of halogens is 1. The summed E-state index contributed by atoms with van der Waals surface area (Å²) in [5.74, 6) is -0.613. The summed E-state index contributed by atoms with van der Waals surface area (Å²) < 4.78 is 10.4. The van der Waals surface area contributed by atoms with Crippen molar-refractivity contribution >= 4 is 36.4 Å². The maximum atomic E-state index is 11.9. The van der Waals surface area contributed by atoms with Crippen LogP contribution >= 0.6 is 12.4 Å². The molecule has 0 aromatic heterocycles. The van der Waals surface area contributed by atoms with E-state index in [1.807, 2.05) is 55.6 Å². The van der Waals surface area contributed by atoms with Crippen LogP contribution in [0.15, 0.2) is 12.2 Å². The van der Waals surface area contributed by atoms with Crippen molar-refractivity contribution in [2.45, 2.75) is 78.4 Å². The van der Waals surface area contributed by atoms with Gasteiger partial charge >= 0.3 is 12.2 Å². The van der Waals surface area contributed by atoms with Gasteiger partial charge in [-0.1, -0.05) is 0 Å². The van der Waals surface area contributed by atoms with Crippen LogP contribution in [0, 0.1) is 0 Å². The summed E-state index contributed by atoms with van der Waals surface area (Å²) in [7, 11) is 4.97. The topological polar surface area (TPSA) is 162 Å². The van der Waals surface area contributed by atoms with Gasteiger partial charge in [0.2, 0.25) is 11.8 Å². The third kappa shape index (κ3) is 33.8. The molecule has 0 atom stereocenters. The maximum absolute atomic E-state index is 11.9. The molecule has 43 heavy (non-hydrogen) atoms. The Morgan fingerprint density at radius 1 is 0.581 bits per heavy atom. The van der Waals surface area contributed by atoms with E-state index in [9.17, 15) is 19.2 Å². The Balaban J connectivity index is -0.00000521. The van der Waals surface area contributed by atoms with Crippen molar-refractivity contribution in [1.29, 1.82) is 0 Å². The van der Waals surface area contributed by atoms with E-state index in [1.165, 1.54) is 12.2 Å². The Labute approximate surface area is 265 Å². The number of rotatable bonds is 18. The van der Waals surface area contributed by atoms with Crippen molar-refractivity contribution in [3.8, 4) is 0 Å². The number of carbonyl (C=O) groups excluding carboxylic acids is 4. The van der Waals surface area contributed by atoms with Gasteiger partial charge in [0.05, 0.1) is 0 Å². The highest BCUT2D eigenvalue weighted by molar-refractivity contribution is 5.96. The van der Waals surface area contributed by atoms with E-state index in [1.54, 1.807) is 0 Å². The molecular weight excluding hydrogens is 580 g/mol. The predicted molar refractivity (Wildman–Crippen MR) is 172 cm³/mol. The Hall–Kier alpha value is -2.61. The highest BCUT2D eigenvalue weighted by atomic mass is 35.5. The minimum atomic E-state index is -0.506. The predicted octanol–water partition coefficient (Wildman–Crippen LogP) is 2.28. The Bertz CT molecular complexity index is 737. The molecule has 0 fully saturated rings. The van der Waals surface area contributed by atoms with Gasteiger partial charge in [-0.3, -0.25) is 9.59 Å². The first-order valence-corrected chi connectivity index (χ1v) is 14.6.